The van der Waals surface area contributed by atoms with E-state index in [0.29, 0.717) is 124 Å². The first-order valence-corrected chi connectivity index (χ1v) is 53.9. The van der Waals surface area contributed by atoms with Crippen molar-refractivity contribution in [1.82, 2.24) is 31.1 Å². The van der Waals surface area contributed by atoms with E-state index < -0.39 is 11.9 Å². The lowest BCUT2D eigenvalue weighted by Crippen LogP contribution is -2.47. The lowest BCUT2D eigenvalue weighted by molar-refractivity contribution is -0.148. The minimum atomic E-state index is -0.926. The molecule has 0 aliphatic heterocycles. The Labute approximate surface area is 792 Å². The van der Waals surface area contributed by atoms with Gasteiger partial charge in [0.25, 0.3) is 0 Å². The van der Waals surface area contributed by atoms with Crippen molar-refractivity contribution in [2.45, 2.75) is 477 Å². The van der Waals surface area contributed by atoms with E-state index in [4.69, 9.17) is 42.6 Å². The average molecular weight is 1850 g/mol. The minimum absolute atomic E-state index is 0.0117. The van der Waals surface area contributed by atoms with Crippen LogP contribution in [0.1, 0.15) is 471 Å². The smallest absolute Gasteiger partial charge is 0.305 e. The van der Waals surface area contributed by atoms with Crippen molar-refractivity contribution in [3.05, 3.63) is 0 Å². The first-order chi connectivity index (χ1) is 63.7. The number of carbonyl (C=O) groups is 10. The molecule has 0 aromatic heterocycles. The monoisotopic (exact) mass is 1850 g/mol. The average Bonchev–Trinajstić information content (AvgIpc) is 0.901. The SMILES string of the molecule is CCCCCCCCCCCCCCCC(=O)OCCN(CCOC(=O)CCCCCCCCCCCCCCC)C(=O)CCCC(=O)NCCCC[C@H](NC(=O)CCCC(=O)N(CCOC(=O)CCCCCCCCCCCCCCC)CCOC(=O)CCCCCCCCCCCCCCC)C(=O)NCCCOCCOCCOCCCNC(=O)CCOCCOCC. The van der Waals surface area contributed by atoms with Gasteiger partial charge in [0, 0.05) is 97.2 Å². The van der Waals surface area contributed by atoms with Crippen LogP contribution in [0.4, 0.5) is 0 Å². The van der Waals surface area contributed by atoms with Gasteiger partial charge < -0.3 is 73.7 Å². The zero-order chi connectivity index (χ0) is 94.6. The van der Waals surface area contributed by atoms with Crippen molar-refractivity contribution in [1.29, 1.82) is 0 Å². The molecule has 0 unspecified atom stereocenters. The van der Waals surface area contributed by atoms with Crippen molar-refractivity contribution in [2.75, 3.05) is 138 Å². The number of unbranched alkanes of at least 4 members (excludes halogenated alkanes) is 49. The molecule has 130 heavy (non-hydrogen) atoms. The van der Waals surface area contributed by atoms with Gasteiger partial charge in [-0.1, -0.05) is 336 Å². The molecular formula is C105H198N6O19. The van der Waals surface area contributed by atoms with E-state index in [-0.39, 0.29) is 170 Å². The highest BCUT2D eigenvalue weighted by molar-refractivity contribution is 5.88. The third-order valence-electron chi connectivity index (χ3n) is 24.0. The molecule has 6 amide bonds. The first-order valence-electron chi connectivity index (χ1n) is 53.9. The molecule has 0 saturated heterocycles. The van der Waals surface area contributed by atoms with Gasteiger partial charge in [-0.05, 0) is 77.6 Å². The Hall–Kier alpha value is -5.50. The number of nitrogens with one attached hydrogen (secondary N) is 4. The summed E-state index contributed by atoms with van der Waals surface area (Å²) in [6, 6.07) is -0.926. The predicted octanol–water partition coefficient (Wildman–Crippen LogP) is 22.4. The fraction of sp³-hybridized carbons (Fsp3) is 0.905. The number of hydrogen-bond donors (Lipinski definition) is 4. The molecule has 0 rings (SSSR count). The van der Waals surface area contributed by atoms with Crippen LogP contribution in [0.3, 0.4) is 0 Å². The predicted molar refractivity (Wildman–Crippen MR) is 524 cm³/mol. The molecule has 0 aliphatic carbocycles. The molecule has 762 valence electrons. The van der Waals surface area contributed by atoms with E-state index in [1.54, 1.807) is 4.90 Å². The van der Waals surface area contributed by atoms with Crippen LogP contribution in [0.5, 0.6) is 0 Å². The second-order valence-electron chi connectivity index (χ2n) is 36.0. The van der Waals surface area contributed by atoms with Gasteiger partial charge >= 0.3 is 23.9 Å². The van der Waals surface area contributed by atoms with Crippen LogP contribution in [0.15, 0.2) is 0 Å². The van der Waals surface area contributed by atoms with Gasteiger partial charge in [0.15, 0.2) is 0 Å². The zero-order valence-corrected chi connectivity index (χ0v) is 84.2. The highest BCUT2D eigenvalue weighted by Crippen LogP contribution is 2.20. The lowest BCUT2D eigenvalue weighted by Gasteiger charge is -2.23. The standard InChI is InChI=1S/C105H198N6O19/c1-6-11-15-19-23-27-31-35-39-43-47-51-55-70-101(117)127-85-78-110(79-86-128-102(118)71-56-52-48-44-40-36-32-28-24-20-16-12-7-2)99(115)68-61-66-96(112)106-75-60-59-65-95(105(121)108-77-64-83-124-92-94-126-93-91-123-82-63-76-107-97(113)74-84-125-90-89-122-10-5)109-98(114)67-62-69-100(116)111(80-87-129-103(119)72-57-53-49-45-41-37-33-29-25-21-17-13-8-3)81-88-130-104(120)73-58-54-50-46-42-38-34-30-26-22-18-14-9-4/h95H,6-94H2,1-5H3,(H,106,112)(H,107,113)(H,108,121)(H,109,114)/t95-/m0/s1. The number of rotatable bonds is 104. The van der Waals surface area contributed by atoms with E-state index in [1.165, 1.54) is 249 Å². The molecular weight excluding hydrogens is 1650 g/mol. The summed E-state index contributed by atoms with van der Waals surface area (Å²) < 4.78 is 50.2. The number of ether oxygens (including phenoxy) is 9. The summed E-state index contributed by atoms with van der Waals surface area (Å²) in [5.41, 5.74) is 0. The summed E-state index contributed by atoms with van der Waals surface area (Å²) in [5, 5.41) is 11.7. The van der Waals surface area contributed by atoms with Crippen molar-refractivity contribution >= 4 is 59.3 Å². The lowest BCUT2D eigenvalue weighted by atomic mass is 10.0. The molecule has 0 bridgehead atoms. The minimum Gasteiger partial charge on any atom is -0.464 e. The van der Waals surface area contributed by atoms with Crippen LogP contribution in [0.25, 0.3) is 0 Å². The van der Waals surface area contributed by atoms with Crippen molar-refractivity contribution in [3.8, 4) is 0 Å². The summed E-state index contributed by atoms with van der Waals surface area (Å²) in [4.78, 5) is 135. The van der Waals surface area contributed by atoms with Gasteiger partial charge in [-0.3, -0.25) is 47.9 Å². The first kappa shape index (κ1) is 124. The van der Waals surface area contributed by atoms with E-state index in [1.807, 2.05) is 6.92 Å². The van der Waals surface area contributed by atoms with Crippen molar-refractivity contribution < 1.29 is 90.6 Å². The summed E-state index contributed by atoms with van der Waals surface area (Å²) in [6.07, 6.45) is 66.9. The Bertz CT molecular complexity index is 2510. The summed E-state index contributed by atoms with van der Waals surface area (Å²) in [6.45, 7) is 16.6. The third kappa shape index (κ3) is 91.6. The Morgan fingerprint density at radius 3 is 0.777 bits per heavy atom. The van der Waals surface area contributed by atoms with Crippen molar-refractivity contribution in [3.63, 3.8) is 0 Å². The highest BCUT2D eigenvalue weighted by atomic mass is 16.6. The van der Waals surface area contributed by atoms with Crippen LogP contribution in [-0.2, 0) is 90.6 Å². The fourth-order valence-corrected chi connectivity index (χ4v) is 15.8. The second-order valence-corrected chi connectivity index (χ2v) is 36.0. The summed E-state index contributed by atoms with van der Waals surface area (Å²) in [7, 11) is 0. The van der Waals surface area contributed by atoms with Crippen LogP contribution >= 0.6 is 0 Å². The third-order valence-corrected chi connectivity index (χ3v) is 24.0. The summed E-state index contributed by atoms with van der Waals surface area (Å²) in [5.74, 6) is -2.88. The van der Waals surface area contributed by atoms with Gasteiger partial charge in [0.2, 0.25) is 35.4 Å². The molecule has 0 aromatic carbocycles. The van der Waals surface area contributed by atoms with Crippen LogP contribution < -0.4 is 21.3 Å². The second kappa shape index (κ2) is 101. The quantitative estimate of drug-likeness (QED) is 0.0250. The van der Waals surface area contributed by atoms with Gasteiger partial charge in [-0.2, -0.15) is 0 Å². The Morgan fingerprint density at radius 2 is 0.469 bits per heavy atom. The van der Waals surface area contributed by atoms with Crippen LogP contribution in [0, 0.1) is 0 Å². The summed E-state index contributed by atoms with van der Waals surface area (Å²) >= 11 is 0. The van der Waals surface area contributed by atoms with Gasteiger partial charge in [0.1, 0.15) is 32.5 Å². The normalized spacial score (nSPS) is 11.5. The largest absolute Gasteiger partial charge is 0.464 e. The molecule has 0 radical (unpaired) electrons. The maximum absolute atomic E-state index is 14.0. The van der Waals surface area contributed by atoms with Crippen molar-refractivity contribution in [2.24, 2.45) is 0 Å². The van der Waals surface area contributed by atoms with Crippen LogP contribution in [-0.4, -0.2) is 213 Å². The molecule has 0 aliphatic rings. The Morgan fingerprint density at radius 1 is 0.215 bits per heavy atom. The zero-order valence-electron chi connectivity index (χ0n) is 84.2. The Balaban J connectivity index is 5.82. The molecule has 4 N–H and O–H groups in total. The highest BCUT2D eigenvalue weighted by Gasteiger charge is 2.23. The molecule has 1 atom stereocenters. The van der Waals surface area contributed by atoms with Gasteiger partial charge in [-0.15, -0.1) is 0 Å². The van der Waals surface area contributed by atoms with Crippen LogP contribution in [0.2, 0.25) is 0 Å². The fourth-order valence-electron chi connectivity index (χ4n) is 15.8. The molecule has 0 fully saturated rings. The number of hydrogen-bond acceptors (Lipinski definition) is 19. The molecule has 0 saturated carbocycles. The molecule has 0 aromatic rings. The number of amides is 6. The topological polar surface area (TPSA) is 308 Å². The van der Waals surface area contributed by atoms with E-state index >= 15 is 0 Å². The number of carbonyl (C=O) groups excluding carboxylic acids is 10. The van der Waals surface area contributed by atoms with E-state index in [0.717, 1.165) is 89.9 Å². The van der Waals surface area contributed by atoms with Gasteiger partial charge in [0.05, 0.1) is 72.4 Å². The molecule has 25 heteroatoms. The molecule has 0 heterocycles. The number of esters is 4. The van der Waals surface area contributed by atoms with E-state index in [9.17, 15) is 47.9 Å². The molecule has 25 nitrogen and oxygen atoms in total. The molecule has 0 spiro atoms. The number of nitrogens with zero attached hydrogens (tertiary/aromatic N) is 2. The van der Waals surface area contributed by atoms with Gasteiger partial charge in [-0.25, -0.2) is 0 Å². The maximum atomic E-state index is 14.0. The maximum Gasteiger partial charge on any atom is 0.305 e. The Kier molecular flexibility index (Phi) is 96.7. The van der Waals surface area contributed by atoms with E-state index in [2.05, 4.69) is 49.0 Å².